The second kappa shape index (κ2) is 3.28. The minimum atomic E-state index is -0.899. The summed E-state index contributed by atoms with van der Waals surface area (Å²) in [5, 5.41) is 9.04. The predicted octanol–water partition coefficient (Wildman–Crippen LogP) is 2.89. The van der Waals surface area contributed by atoms with Gasteiger partial charge in [-0.25, -0.2) is 8.78 Å². The molecule has 0 bridgehead atoms. The Morgan fingerprint density at radius 1 is 1.29 bits per heavy atom. The summed E-state index contributed by atoms with van der Waals surface area (Å²) in [6.07, 6.45) is 0.634. The smallest absolute Gasteiger partial charge is 0.307 e. The van der Waals surface area contributed by atoms with E-state index >= 15 is 0 Å². The lowest BCUT2D eigenvalue weighted by Crippen LogP contribution is -2.10. The van der Waals surface area contributed by atoms with Crippen molar-refractivity contribution in [1.82, 2.24) is 0 Å². The predicted molar refractivity (Wildman–Crippen MR) is 56.7 cm³/mol. The van der Waals surface area contributed by atoms with Crippen LogP contribution in [0, 0.1) is 23.5 Å². The van der Waals surface area contributed by atoms with Crippen LogP contribution in [-0.4, -0.2) is 11.1 Å². The molecule has 3 rings (SSSR count). The van der Waals surface area contributed by atoms with Crippen molar-refractivity contribution in [3.05, 3.63) is 34.9 Å². The lowest BCUT2D eigenvalue weighted by atomic mass is 9.83. The van der Waals surface area contributed by atoms with E-state index in [2.05, 4.69) is 0 Å². The maximum Gasteiger partial charge on any atom is 0.307 e. The van der Waals surface area contributed by atoms with E-state index in [0.29, 0.717) is 17.5 Å². The molecular weight excluding hydrogens is 226 g/mol. The van der Waals surface area contributed by atoms with Crippen molar-refractivity contribution in [1.29, 1.82) is 0 Å². The Morgan fingerprint density at radius 3 is 2.47 bits per heavy atom. The fourth-order valence-electron chi connectivity index (χ4n) is 3.35. The summed E-state index contributed by atoms with van der Waals surface area (Å²) in [6, 6.07) is 2.23. The SMILES string of the molecule is C[C@H]1CC2[C@@H](c3c(F)ccc(F)c31)[C@H]2C(=O)O. The summed E-state index contributed by atoms with van der Waals surface area (Å²) in [4.78, 5) is 11.0. The van der Waals surface area contributed by atoms with E-state index in [4.69, 9.17) is 5.11 Å². The van der Waals surface area contributed by atoms with Crippen LogP contribution in [0.15, 0.2) is 12.1 Å². The zero-order valence-corrected chi connectivity index (χ0v) is 9.28. The third-order valence-corrected chi connectivity index (χ3v) is 4.09. The van der Waals surface area contributed by atoms with Gasteiger partial charge in [0.05, 0.1) is 5.92 Å². The van der Waals surface area contributed by atoms with Crippen molar-refractivity contribution in [2.45, 2.75) is 25.2 Å². The van der Waals surface area contributed by atoms with E-state index in [1.165, 1.54) is 0 Å². The topological polar surface area (TPSA) is 37.3 Å². The summed E-state index contributed by atoms with van der Waals surface area (Å²) in [5.74, 6) is -2.76. The van der Waals surface area contributed by atoms with E-state index in [-0.39, 0.29) is 17.8 Å². The van der Waals surface area contributed by atoms with Crippen LogP contribution < -0.4 is 0 Å². The summed E-state index contributed by atoms with van der Waals surface area (Å²) in [7, 11) is 0. The number of carbonyl (C=O) groups is 1. The molecule has 90 valence electrons. The molecule has 2 nitrogen and oxygen atoms in total. The standard InChI is InChI=1S/C13H12F2O2/c1-5-4-6-10(11(6)13(16)17)12-8(15)3-2-7(14)9(5)12/h2-3,5-6,10-11H,4H2,1H3,(H,16,17)/t5-,6?,10+,11-/m0/s1. The summed E-state index contributed by atoms with van der Waals surface area (Å²) < 4.78 is 27.5. The van der Waals surface area contributed by atoms with Crippen molar-refractivity contribution in [2.24, 2.45) is 11.8 Å². The highest BCUT2D eigenvalue weighted by atomic mass is 19.1. The molecule has 0 radical (unpaired) electrons. The normalized spacial score (nSPS) is 33.8. The van der Waals surface area contributed by atoms with E-state index < -0.39 is 23.5 Å². The maximum absolute atomic E-state index is 13.8. The van der Waals surface area contributed by atoms with Gasteiger partial charge in [0.25, 0.3) is 0 Å². The first-order valence-electron chi connectivity index (χ1n) is 5.73. The van der Waals surface area contributed by atoms with Gasteiger partial charge in [-0.3, -0.25) is 4.79 Å². The van der Waals surface area contributed by atoms with E-state index in [0.717, 1.165) is 12.1 Å². The molecule has 0 heterocycles. The molecule has 1 N–H and O–H groups in total. The van der Waals surface area contributed by atoms with Gasteiger partial charge in [0.15, 0.2) is 0 Å². The number of benzene rings is 1. The molecule has 4 atom stereocenters. The number of carboxylic acids is 1. The monoisotopic (exact) mass is 238 g/mol. The van der Waals surface area contributed by atoms with Crippen molar-refractivity contribution < 1.29 is 18.7 Å². The number of aliphatic carboxylic acids is 1. The molecule has 0 spiro atoms. The number of hydrogen-bond donors (Lipinski definition) is 1. The van der Waals surface area contributed by atoms with Gasteiger partial charge in [-0.2, -0.15) is 0 Å². The lowest BCUT2D eigenvalue weighted by Gasteiger charge is -2.22. The van der Waals surface area contributed by atoms with Gasteiger partial charge in [0, 0.05) is 5.92 Å². The van der Waals surface area contributed by atoms with Gasteiger partial charge in [0.1, 0.15) is 11.6 Å². The fraction of sp³-hybridized carbons (Fsp3) is 0.462. The van der Waals surface area contributed by atoms with Gasteiger partial charge in [0.2, 0.25) is 0 Å². The van der Waals surface area contributed by atoms with E-state index in [1.807, 2.05) is 6.92 Å². The van der Waals surface area contributed by atoms with Crippen LogP contribution in [0.4, 0.5) is 8.78 Å². The number of fused-ring (bicyclic) bond motifs is 3. The van der Waals surface area contributed by atoms with Gasteiger partial charge in [-0.1, -0.05) is 6.92 Å². The highest BCUT2D eigenvalue weighted by Gasteiger charge is 2.60. The van der Waals surface area contributed by atoms with Crippen molar-refractivity contribution in [3.63, 3.8) is 0 Å². The van der Waals surface area contributed by atoms with Crippen LogP contribution in [0.3, 0.4) is 0 Å². The minimum Gasteiger partial charge on any atom is -0.481 e. The third kappa shape index (κ3) is 1.33. The molecule has 0 saturated heterocycles. The molecule has 4 heteroatoms. The first-order valence-corrected chi connectivity index (χ1v) is 5.73. The van der Waals surface area contributed by atoms with Crippen molar-refractivity contribution in [2.75, 3.05) is 0 Å². The van der Waals surface area contributed by atoms with Crippen molar-refractivity contribution in [3.8, 4) is 0 Å². The van der Waals surface area contributed by atoms with Crippen LogP contribution in [0.2, 0.25) is 0 Å². The maximum atomic E-state index is 13.8. The average Bonchev–Trinajstić information content (AvgIpc) is 2.96. The van der Waals surface area contributed by atoms with Gasteiger partial charge >= 0.3 is 5.97 Å². The van der Waals surface area contributed by atoms with Crippen LogP contribution in [0.5, 0.6) is 0 Å². The first-order chi connectivity index (χ1) is 8.02. The Labute approximate surface area is 97.3 Å². The average molecular weight is 238 g/mol. The summed E-state index contributed by atoms with van der Waals surface area (Å²) in [5.41, 5.74) is 0.691. The Balaban J connectivity index is 2.15. The number of carboxylic acid groups (broad SMARTS) is 1. The Bertz CT molecular complexity index is 512. The highest BCUT2D eigenvalue weighted by Crippen LogP contribution is 2.63. The van der Waals surface area contributed by atoms with Gasteiger partial charge in [-0.05, 0) is 41.5 Å². The Kier molecular flexibility index (Phi) is 2.06. The molecule has 1 saturated carbocycles. The van der Waals surface area contributed by atoms with Gasteiger partial charge < -0.3 is 5.11 Å². The molecule has 17 heavy (non-hydrogen) atoms. The van der Waals surface area contributed by atoms with Gasteiger partial charge in [-0.15, -0.1) is 0 Å². The van der Waals surface area contributed by atoms with Crippen LogP contribution in [0.25, 0.3) is 0 Å². The first kappa shape index (κ1) is 10.7. The molecule has 2 aliphatic carbocycles. The molecular formula is C13H12F2O2. The Morgan fingerprint density at radius 2 is 1.88 bits per heavy atom. The van der Waals surface area contributed by atoms with E-state index in [1.54, 1.807) is 0 Å². The molecule has 0 aliphatic heterocycles. The molecule has 1 unspecified atom stereocenters. The largest absolute Gasteiger partial charge is 0.481 e. The third-order valence-electron chi connectivity index (χ3n) is 4.09. The van der Waals surface area contributed by atoms with Crippen LogP contribution >= 0.6 is 0 Å². The molecule has 1 fully saturated rings. The molecule has 2 aliphatic rings. The molecule has 0 amide bonds. The molecule has 1 aromatic carbocycles. The summed E-state index contributed by atoms with van der Waals surface area (Å²) in [6.45, 7) is 1.83. The number of hydrogen-bond acceptors (Lipinski definition) is 1. The highest BCUT2D eigenvalue weighted by molar-refractivity contribution is 5.77. The second-order valence-electron chi connectivity index (χ2n) is 5.05. The molecule has 1 aromatic rings. The summed E-state index contributed by atoms with van der Waals surface area (Å²) >= 11 is 0. The zero-order chi connectivity index (χ0) is 12.3. The van der Waals surface area contributed by atoms with Crippen LogP contribution in [0.1, 0.15) is 36.3 Å². The molecule has 0 aromatic heterocycles. The quantitative estimate of drug-likeness (QED) is 0.816. The zero-order valence-electron chi connectivity index (χ0n) is 9.28. The lowest BCUT2D eigenvalue weighted by molar-refractivity contribution is -0.139. The van der Waals surface area contributed by atoms with Crippen molar-refractivity contribution >= 4 is 5.97 Å². The minimum absolute atomic E-state index is 0.0219. The number of rotatable bonds is 1. The van der Waals surface area contributed by atoms with E-state index in [9.17, 15) is 13.6 Å². The van der Waals surface area contributed by atoms with Crippen LogP contribution in [-0.2, 0) is 4.79 Å². The fourth-order valence-corrected chi connectivity index (χ4v) is 3.35. The second-order valence-corrected chi connectivity index (χ2v) is 5.05. The Hall–Kier alpha value is -1.45. The number of halogens is 2.